The van der Waals surface area contributed by atoms with Crippen LogP contribution in [0.25, 0.3) is 0 Å². The van der Waals surface area contributed by atoms with Gasteiger partial charge in [0.05, 0.1) is 22.3 Å². The maximum absolute atomic E-state index is 11.6. The van der Waals surface area contributed by atoms with E-state index in [-0.39, 0.29) is 28.2 Å². The van der Waals surface area contributed by atoms with Gasteiger partial charge in [0.15, 0.2) is 11.6 Å². The van der Waals surface area contributed by atoms with Crippen molar-refractivity contribution in [2.24, 2.45) is 21.7 Å². The lowest BCUT2D eigenvalue weighted by molar-refractivity contribution is -0.161. The highest BCUT2D eigenvalue weighted by Gasteiger charge is 2.42. The van der Waals surface area contributed by atoms with Crippen molar-refractivity contribution in [1.29, 1.82) is 0 Å². The number of halogens is 1. The predicted octanol–water partition coefficient (Wildman–Crippen LogP) is 4.42. The summed E-state index contributed by atoms with van der Waals surface area (Å²) in [7, 11) is 0. The van der Waals surface area contributed by atoms with Crippen LogP contribution in [-0.4, -0.2) is 40.1 Å². The SMILES string of the molecule is CC(C)(C)C(=O)Cl.CC(C)(C)C(=O)OC1C=CC(=O)C1(C)C.CC1(C)C(=O)C=CC1O. The molecule has 2 unspecified atom stereocenters. The Labute approximate surface area is 191 Å². The van der Waals surface area contributed by atoms with Crippen molar-refractivity contribution in [3.63, 3.8) is 0 Å². The molecule has 2 atom stereocenters. The molecular formula is C24H37ClO6. The number of hydrogen-bond acceptors (Lipinski definition) is 6. The first-order valence-corrected chi connectivity index (χ1v) is 10.6. The molecule has 0 saturated carbocycles. The van der Waals surface area contributed by atoms with E-state index in [1.165, 1.54) is 18.2 Å². The number of allylic oxidation sites excluding steroid dienone is 2. The number of rotatable bonds is 1. The fourth-order valence-corrected chi connectivity index (χ4v) is 2.03. The van der Waals surface area contributed by atoms with Crippen LogP contribution in [0.15, 0.2) is 24.3 Å². The summed E-state index contributed by atoms with van der Waals surface area (Å²) in [6, 6.07) is 0. The lowest BCUT2D eigenvalue weighted by Crippen LogP contribution is -2.37. The smallest absolute Gasteiger partial charge is 0.311 e. The fraction of sp³-hybridized carbons (Fsp3) is 0.667. The molecule has 0 aromatic heterocycles. The molecule has 6 nitrogen and oxygen atoms in total. The van der Waals surface area contributed by atoms with E-state index in [4.69, 9.17) is 21.4 Å². The minimum Gasteiger partial charge on any atom is -0.457 e. The Morgan fingerprint density at radius 3 is 1.45 bits per heavy atom. The highest BCUT2D eigenvalue weighted by molar-refractivity contribution is 6.64. The van der Waals surface area contributed by atoms with Gasteiger partial charge in [0, 0.05) is 5.41 Å². The number of carbonyl (C=O) groups excluding carboxylic acids is 4. The topological polar surface area (TPSA) is 97.7 Å². The predicted molar refractivity (Wildman–Crippen MR) is 122 cm³/mol. The van der Waals surface area contributed by atoms with Gasteiger partial charge in [0.25, 0.3) is 0 Å². The van der Waals surface area contributed by atoms with Gasteiger partial charge in [-0.2, -0.15) is 0 Å². The zero-order chi connectivity index (χ0) is 25.0. The van der Waals surface area contributed by atoms with Crippen molar-refractivity contribution in [2.75, 3.05) is 0 Å². The molecule has 0 radical (unpaired) electrons. The minimum atomic E-state index is -0.624. The Hall–Kier alpha value is -1.79. The van der Waals surface area contributed by atoms with Gasteiger partial charge in [-0.1, -0.05) is 26.8 Å². The van der Waals surface area contributed by atoms with Crippen molar-refractivity contribution in [2.45, 2.75) is 81.4 Å². The molecule has 7 heteroatoms. The third kappa shape index (κ3) is 8.34. The van der Waals surface area contributed by atoms with E-state index in [1.807, 2.05) is 0 Å². The quantitative estimate of drug-likeness (QED) is 0.463. The summed E-state index contributed by atoms with van der Waals surface area (Å²) >= 11 is 5.11. The Morgan fingerprint density at radius 2 is 1.26 bits per heavy atom. The van der Waals surface area contributed by atoms with E-state index in [9.17, 15) is 19.2 Å². The Balaban J connectivity index is 0.000000479. The number of hydrogen-bond donors (Lipinski definition) is 1. The Kier molecular flexibility index (Phi) is 9.63. The molecule has 0 spiro atoms. The van der Waals surface area contributed by atoms with Crippen LogP contribution in [0, 0.1) is 21.7 Å². The Bertz CT molecular complexity index is 760. The lowest BCUT2D eigenvalue weighted by Gasteiger charge is -2.28. The molecule has 2 rings (SSSR count). The standard InChI is InChI=1S/C12H18O3.C7H10O2.C5H9ClO/c1-11(2,3)10(14)15-9-7-6-8(13)12(9,4)5;1-7(2)5(8)3-4-6(7)9;1-5(2,3)4(6)7/h6-7,9H,1-5H3;3-5,8H,1-2H3;1-3H3. The van der Waals surface area contributed by atoms with Gasteiger partial charge in [0.1, 0.15) is 6.10 Å². The zero-order valence-electron chi connectivity index (χ0n) is 20.3. The van der Waals surface area contributed by atoms with Crippen LogP contribution in [-0.2, 0) is 23.9 Å². The summed E-state index contributed by atoms with van der Waals surface area (Å²) < 4.78 is 5.31. The van der Waals surface area contributed by atoms with Gasteiger partial charge in [-0.15, -0.1) is 0 Å². The normalized spacial score (nSPS) is 23.5. The van der Waals surface area contributed by atoms with Crippen molar-refractivity contribution in [3.8, 4) is 0 Å². The van der Waals surface area contributed by atoms with Crippen LogP contribution in [0.3, 0.4) is 0 Å². The molecule has 0 aliphatic heterocycles. The van der Waals surface area contributed by atoms with E-state index < -0.39 is 28.5 Å². The molecule has 0 saturated heterocycles. The van der Waals surface area contributed by atoms with Gasteiger partial charge in [-0.3, -0.25) is 19.2 Å². The van der Waals surface area contributed by atoms with Crippen molar-refractivity contribution < 1.29 is 29.0 Å². The Morgan fingerprint density at radius 1 is 0.871 bits per heavy atom. The number of ketones is 2. The van der Waals surface area contributed by atoms with Crippen LogP contribution in [0.5, 0.6) is 0 Å². The molecule has 0 aromatic carbocycles. The second-order valence-corrected chi connectivity index (χ2v) is 11.3. The molecule has 0 amide bonds. The third-order valence-electron chi connectivity index (χ3n) is 5.01. The summed E-state index contributed by atoms with van der Waals surface area (Å²) in [5.41, 5.74) is -2.11. The number of esters is 1. The first-order chi connectivity index (χ1) is 13.6. The molecule has 31 heavy (non-hydrogen) atoms. The van der Waals surface area contributed by atoms with Gasteiger partial charge in [-0.05, 0) is 78.3 Å². The van der Waals surface area contributed by atoms with Gasteiger partial charge in [0.2, 0.25) is 5.24 Å². The summed E-state index contributed by atoms with van der Waals surface area (Å²) in [6.07, 6.45) is 5.08. The van der Waals surface area contributed by atoms with E-state index in [0.717, 1.165) is 0 Å². The zero-order valence-corrected chi connectivity index (χ0v) is 21.1. The summed E-state index contributed by atoms with van der Waals surface area (Å²) in [5.74, 6) is -0.260. The van der Waals surface area contributed by atoms with Gasteiger partial charge in [-0.25, -0.2) is 0 Å². The van der Waals surface area contributed by atoms with Crippen LogP contribution in [0.2, 0.25) is 0 Å². The van der Waals surface area contributed by atoms with Crippen LogP contribution < -0.4 is 0 Å². The first-order valence-electron chi connectivity index (χ1n) is 10.2. The van der Waals surface area contributed by atoms with Crippen molar-refractivity contribution in [3.05, 3.63) is 24.3 Å². The van der Waals surface area contributed by atoms with Crippen LogP contribution >= 0.6 is 11.6 Å². The summed E-state index contributed by atoms with van der Waals surface area (Å²) in [6.45, 7) is 17.8. The van der Waals surface area contributed by atoms with E-state index in [1.54, 1.807) is 75.3 Å². The average molecular weight is 457 g/mol. The molecule has 0 fully saturated rings. The highest BCUT2D eigenvalue weighted by Crippen LogP contribution is 2.33. The molecule has 176 valence electrons. The largest absolute Gasteiger partial charge is 0.457 e. The number of aliphatic hydroxyl groups is 1. The van der Waals surface area contributed by atoms with Crippen LogP contribution in [0.1, 0.15) is 69.2 Å². The van der Waals surface area contributed by atoms with Crippen molar-refractivity contribution >= 4 is 34.4 Å². The highest BCUT2D eigenvalue weighted by atomic mass is 35.5. The lowest BCUT2D eigenvalue weighted by atomic mass is 9.87. The number of ether oxygens (including phenoxy) is 1. The molecule has 1 N–H and O–H groups in total. The van der Waals surface area contributed by atoms with Crippen molar-refractivity contribution in [1.82, 2.24) is 0 Å². The second kappa shape index (κ2) is 10.2. The molecular weight excluding hydrogens is 420 g/mol. The van der Waals surface area contributed by atoms with E-state index in [2.05, 4.69) is 0 Å². The molecule has 2 aliphatic rings. The van der Waals surface area contributed by atoms with E-state index in [0.29, 0.717) is 0 Å². The van der Waals surface area contributed by atoms with Gasteiger partial charge >= 0.3 is 5.97 Å². The second-order valence-electron chi connectivity index (χ2n) is 10.9. The first kappa shape index (κ1) is 29.2. The van der Waals surface area contributed by atoms with E-state index >= 15 is 0 Å². The summed E-state index contributed by atoms with van der Waals surface area (Å²) in [4.78, 5) is 44.2. The monoisotopic (exact) mass is 456 g/mol. The molecule has 2 aliphatic carbocycles. The third-order valence-corrected chi connectivity index (χ3v) is 5.58. The van der Waals surface area contributed by atoms with Gasteiger partial charge < -0.3 is 9.84 Å². The molecule has 0 heterocycles. The fourth-order valence-electron chi connectivity index (χ4n) is 2.03. The maximum Gasteiger partial charge on any atom is 0.311 e. The molecule has 0 aromatic rings. The summed E-state index contributed by atoms with van der Waals surface area (Å²) in [5, 5.41) is 8.84. The van der Waals surface area contributed by atoms with Crippen LogP contribution in [0.4, 0.5) is 0 Å². The number of aliphatic hydroxyl groups excluding tert-OH is 1. The maximum atomic E-state index is 11.6. The minimum absolute atomic E-state index is 0.00853. The number of carbonyl (C=O) groups is 4. The average Bonchev–Trinajstić information content (AvgIpc) is 2.97. The molecule has 0 bridgehead atoms.